The number of carbonyl (C=O) groups excluding carboxylic acids is 1. The van der Waals surface area contributed by atoms with Crippen LogP contribution in [0.15, 0.2) is 65.2 Å². The number of thiophene rings is 1. The van der Waals surface area contributed by atoms with Gasteiger partial charge in [0.2, 0.25) is 5.69 Å². The van der Waals surface area contributed by atoms with Gasteiger partial charge in [-0.25, -0.2) is 9.37 Å². The van der Waals surface area contributed by atoms with Crippen LogP contribution in [0.1, 0.15) is 20.9 Å². The summed E-state index contributed by atoms with van der Waals surface area (Å²) in [6.45, 7) is 1.92. The van der Waals surface area contributed by atoms with E-state index in [1.807, 2.05) is 19.1 Å². The highest BCUT2D eigenvalue weighted by Gasteiger charge is 2.32. The first-order valence-corrected chi connectivity index (χ1v) is 10.4. The number of nitrogens with two attached hydrogens (primary N) is 1. The van der Waals surface area contributed by atoms with Gasteiger partial charge in [-0.1, -0.05) is 17.7 Å². The molecule has 9 heteroatoms. The number of nitrogen functional groups attached to an aromatic ring is 1. The Morgan fingerprint density at radius 2 is 1.81 bits per heavy atom. The van der Waals surface area contributed by atoms with Gasteiger partial charge >= 0.3 is 5.69 Å². The highest BCUT2D eigenvalue weighted by Crippen LogP contribution is 2.36. The van der Waals surface area contributed by atoms with E-state index < -0.39 is 11.7 Å². The summed E-state index contributed by atoms with van der Waals surface area (Å²) in [6, 6.07) is 16.6. The Labute approximate surface area is 185 Å². The van der Waals surface area contributed by atoms with E-state index in [0.29, 0.717) is 21.6 Å². The number of pyridine rings is 1. The second-order valence-corrected chi connectivity index (χ2v) is 8.19. The number of anilines is 1. The van der Waals surface area contributed by atoms with Gasteiger partial charge in [0.15, 0.2) is 5.95 Å². The lowest BCUT2D eigenvalue weighted by Gasteiger charge is -2.01. The molecule has 0 aliphatic rings. The third-order valence-electron chi connectivity index (χ3n) is 5.04. The zero-order chi connectivity index (χ0) is 22.4. The molecule has 158 valence electrons. The molecule has 2 N–H and O–H groups in total. The summed E-state index contributed by atoms with van der Waals surface area (Å²) >= 11 is 1.08. The molecule has 3 aromatic heterocycles. The molecule has 2 aromatic carbocycles. The predicted octanol–water partition coefficient (Wildman–Crippen LogP) is 3.56. The van der Waals surface area contributed by atoms with Gasteiger partial charge in [0.1, 0.15) is 15.5 Å². The number of ketones is 1. The molecule has 0 aliphatic carbocycles. The molecule has 0 unspecified atom stereocenters. The van der Waals surface area contributed by atoms with Crippen molar-refractivity contribution < 1.29 is 23.5 Å². The first kappa shape index (κ1) is 19.8. The highest BCUT2D eigenvalue weighted by molar-refractivity contribution is 7.21. The molecule has 0 bridgehead atoms. The quantitative estimate of drug-likeness (QED) is 0.334. The minimum Gasteiger partial charge on any atom is -0.539 e. The zero-order valence-electron chi connectivity index (χ0n) is 16.7. The van der Waals surface area contributed by atoms with E-state index in [0.717, 1.165) is 22.5 Å². The van der Waals surface area contributed by atoms with Crippen LogP contribution >= 0.6 is 11.3 Å². The van der Waals surface area contributed by atoms with Crippen LogP contribution in [0.2, 0.25) is 0 Å². The fourth-order valence-corrected chi connectivity index (χ4v) is 4.39. The van der Waals surface area contributed by atoms with Crippen LogP contribution in [0, 0.1) is 12.7 Å². The number of carbonyl (C=O) groups is 1. The number of hydrogen-bond acceptors (Lipinski definition) is 7. The Kier molecular flexibility index (Phi) is 4.67. The topological polar surface area (TPSA) is 109 Å². The van der Waals surface area contributed by atoms with Gasteiger partial charge in [0, 0.05) is 23.1 Å². The van der Waals surface area contributed by atoms with Crippen LogP contribution in [0.3, 0.4) is 0 Å². The first-order chi connectivity index (χ1) is 15.4. The number of aromatic nitrogens is 3. The third-order valence-corrected chi connectivity index (χ3v) is 6.16. The van der Waals surface area contributed by atoms with Crippen molar-refractivity contribution in [2.45, 2.75) is 6.92 Å². The van der Waals surface area contributed by atoms with Crippen molar-refractivity contribution in [3.63, 3.8) is 0 Å². The van der Waals surface area contributed by atoms with Crippen LogP contribution in [0.4, 0.5) is 10.1 Å². The molecule has 0 fully saturated rings. The number of halogens is 1. The van der Waals surface area contributed by atoms with Crippen LogP contribution in [-0.4, -0.2) is 16.0 Å². The van der Waals surface area contributed by atoms with Crippen molar-refractivity contribution in [1.29, 1.82) is 0 Å². The number of hydrogen-bond donors (Lipinski definition) is 1. The van der Waals surface area contributed by atoms with E-state index in [9.17, 15) is 14.3 Å². The van der Waals surface area contributed by atoms with E-state index in [4.69, 9.17) is 10.3 Å². The third kappa shape index (κ3) is 3.28. The minimum absolute atomic E-state index is 0.171. The van der Waals surface area contributed by atoms with Gasteiger partial charge in [-0.2, -0.15) is 0 Å². The Hall–Kier alpha value is -4.11. The molecule has 5 aromatic rings. The second-order valence-electron chi connectivity index (χ2n) is 7.19. The molecular weight excluding hydrogens is 431 g/mol. The van der Waals surface area contributed by atoms with E-state index in [1.54, 1.807) is 36.4 Å². The van der Waals surface area contributed by atoms with E-state index in [-0.39, 0.29) is 22.1 Å². The molecular formula is C23H15FN4O3S. The Bertz CT molecular complexity index is 1470. The molecule has 5 rings (SSSR count). The average Bonchev–Trinajstić information content (AvgIpc) is 3.34. The molecule has 0 spiro atoms. The standard InChI is InChI=1S/C23H15FN4O3S/c1-12-2-8-15(9-3-12)28-19(23(30)31-27-28)20(29)21-18(25)16-10-11-17(26-22(16)32-21)13-4-6-14(24)7-5-13/h2-11H,1H3,(H2-,25,27,29,30). The van der Waals surface area contributed by atoms with Crippen LogP contribution < -0.4 is 15.5 Å². The summed E-state index contributed by atoms with van der Waals surface area (Å²) in [5.41, 5.74) is 9.11. The number of rotatable bonds is 4. The molecule has 0 saturated heterocycles. The molecule has 0 saturated carbocycles. The molecule has 0 amide bonds. The van der Waals surface area contributed by atoms with E-state index in [1.165, 1.54) is 16.8 Å². The van der Waals surface area contributed by atoms with Crippen molar-refractivity contribution >= 4 is 33.0 Å². The monoisotopic (exact) mass is 446 g/mol. The number of aryl methyl sites for hydroxylation is 1. The highest BCUT2D eigenvalue weighted by atomic mass is 32.1. The largest absolute Gasteiger partial charge is 0.539 e. The lowest BCUT2D eigenvalue weighted by atomic mass is 10.1. The van der Waals surface area contributed by atoms with E-state index in [2.05, 4.69) is 10.3 Å². The van der Waals surface area contributed by atoms with Gasteiger partial charge in [0.05, 0.1) is 16.7 Å². The maximum atomic E-state index is 13.3. The second kappa shape index (κ2) is 7.54. The van der Waals surface area contributed by atoms with Crippen LogP contribution in [0.5, 0.6) is 5.95 Å². The maximum absolute atomic E-state index is 13.3. The smallest absolute Gasteiger partial charge is 0.312 e. The Morgan fingerprint density at radius 1 is 1.09 bits per heavy atom. The Balaban J connectivity index is 1.59. The summed E-state index contributed by atoms with van der Waals surface area (Å²) in [5, 5.41) is 16.7. The van der Waals surface area contributed by atoms with Gasteiger partial charge in [-0.05, 0) is 48.0 Å². The van der Waals surface area contributed by atoms with Crippen molar-refractivity contribution in [2.75, 3.05) is 5.73 Å². The van der Waals surface area contributed by atoms with Crippen molar-refractivity contribution in [3.05, 3.63) is 82.6 Å². The van der Waals surface area contributed by atoms with Crippen LogP contribution in [-0.2, 0) is 0 Å². The Morgan fingerprint density at radius 3 is 2.53 bits per heavy atom. The van der Waals surface area contributed by atoms with Crippen LogP contribution in [0.25, 0.3) is 27.2 Å². The van der Waals surface area contributed by atoms with Gasteiger partial charge < -0.3 is 15.4 Å². The number of fused-ring (bicyclic) bond motifs is 1. The fraction of sp³-hybridized carbons (Fsp3) is 0.0435. The summed E-state index contributed by atoms with van der Waals surface area (Å²) in [4.78, 5) is 18.6. The number of benzene rings is 2. The SMILES string of the molecule is Cc1ccc(-[n+]2noc([O-])c2C(=O)c2sc3nc(-c4ccc(F)cc4)ccc3c2N)cc1. The van der Waals surface area contributed by atoms with Crippen molar-refractivity contribution in [1.82, 2.24) is 10.3 Å². The molecule has 3 heterocycles. The maximum Gasteiger partial charge on any atom is 0.312 e. The number of nitrogens with zero attached hydrogens (tertiary/aromatic N) is 3. The summed E-state index contributed by atoms with van der Waals surface area (Å²) in [7, 11) is 0. The lowest BCUT2D eigenvalue weighted by molar-refractivity contribution is -0.672. The minimum atomic E-state index is -0.854. The van der Waals surface area contributed by atoms with Crippen molar-refractivity contribution in [2.24, 2.45) is 0 Å². The molecule has 0 radical (unpaired) electrons. The molecule has 7 nitrogen and oxygen atoms in total. The summed E-state index contributed by atoms with van der Waals surface area (Å²) in [5.74, 6) is -1.79. The first-order valence-electron chi connectivity index (χ1n) is 9.58. The summed E-state index contributed by atoms with van der Waals surface area (Å²) in [6.07, 6.45) is 0. The average molecular weight is 446 g/mol. The van der Waals surface area contributed by atoms with Gasteiger partial charge in [0.25, 0.3) is 5.78 Å². The lowest BCUT2D eigenvalue weighted by Crippen LogP contribution is -2.39. The zero-order valence-corrected chi connectivity index (χ0v) is 17.5. The van der Waals surface area contributed by atoms with E-state index >= 15 is 0 Å². The molecule has 0 atom stereocenters. The predicted molar refractivity (Wildman–Crippen MR) is 115 cm³/mol. The fourth-order valence-electron chi connectivity index (χ4n) is 3.35. The van der Waals surface area contributed by atoms with Gasteiger partial charge in [-0.15, -0.1) is 11.3 Å². The van der Waals surface area contributed by atoms with Crippen molar-refractivity contribution in [3.8, 4) is 22.9 Å². The summed E-state index contributed by atoms with van der Waals surface area (Å²) < 4.78 is 19.2. The molecule has 32 heavy (non-hydrogen) atoms. The van der Waals surface area contributed by atoms with Gasteiger partial charge in [-0.3, -0.25) is 4.79 Å². The molecule has 0 aliphatic heterocycles. The normalized spacial score (nSPS) is 11.2.